The van der Waals surface area contributed by atoms with E-state index in [1.165, 1.54) is 10.2 Å². The summed E-state index contributed by atoms with van der Waals surface area (Å²) in [5, 5.41) is 3.53. The largest absolute Gasteiger partial charge is 0.450 e. The number of alkyl carbamates (subject to hydrolysis) is 1. The minimum absolute atomic E-state index is 0.0608. The van der Waals surface area contributed by atoms with E-state index in [2.05, 4.69) is 20.3 Å². The molecule has 11 nitrogen and oxygen atoms in total. The molecule has 3 N–H and O–H groups in total. The van der Waals surface area contributed by atoms with Gasteiger partial charge in [0.15, 0.2) is 11.5 Å². The average Bonchev–Trinajstić information content (AvgIpc) is 3.52. The monoisotopic (exact) mass is 553 g/mol. The number of carbonyl (C=O) groups excluding carboxylic acids is 1. The van der Waals surface area contributed by atoms with Gasteiger partial charge in [-0.15, -0.1) is 0 Å². The molecule has 0 atom stereocenters. The number of nitrogens with zero attached hydrogens (tertiary/aromatic N) is 5. The number of nitrogen functional groups attached to an aromatic ring is 1. The maximum Gasteiger partial charge on any atom is 0.407 e. The van der Waals surface area contributed by atoms with Crippen LogP contribution in [0.25, 0.3) is 22.1 Å². The average molecular weight is 554 g/mol. The fourth-order valence-corrected chi connectivity index (χ4v) is 5.61. The van der Waals surface area contributed by atoms with Crippen LogP contribution in [0.2, 0.25) is 5.28 Å². The zero-order chi connectivity index (χ0) is 26.7. The fourth-order valence-electron chi connectivity index (χ4n) is 4.07. The van der Waals surface area contributed by atoms with E-state index >= 15 is 0 Å². The molecular formula is C25H24ClN7O4S. The molecule has 0 aliphatic heterocycles. The van der Waals surface area contributed by atoms with Crippen LogP contribution in [0.15, 0.2) is 72.0 Å². The van der Waals surface area contributed by atoms with Crippen molar-refractivity contribution in [3.05, 3.63) is 78.0 Å². The number of aromatic nitrogens is 5. The van der Waals surface area contributed by atoms with Crippen LogP contribution in [-0.4, -0.2) is 44.6 Å². The number of benzene rings is 2. The van der Waals surface area contributed by atoms with Gasteiger partial charge in [0.05, 0.1) is 23.3 Å². The molecule has 196 valence electrons. The number of nitrogens with two attached hydrogens (primary N) is 1. The highest BCUT2D eigenvalue weighted by Gasteiger charge is 2.18. The van der Waals surface area contributed by atoms with E-state index < -0.39 is 16.1 Å². The van der Waals surface area contributed by atoms with Crippen molar-refractivity contribution in [3.63, 3.8) is 0 Å². The lowest BCUT2D eigenvalue weighted by atomic mass is 10.1. The Kier molecular flexibility index (Phi) is 7.16. The first kappa shape index (κ1) is 25.5. The molecule has 0 aliphatic rings. The van der Waals surface area contributed by atoms with Crippen molar-refractivity contribution in [2.75, 3.05) is 12.3 Å². The van der Waals surface area contributed by atoms with Gasteiger partial charge in [0.25, 0.3) is 10.0 Å². The molecule has 13 heteroatoms. The number of hydrogen-bond donors (Lipinski definition) is 2. The molecule has 38 heavy (non-hydrogen) atoms. The summed E-state index contributed by atoms with van der Waals surface area (Å²) >= 11 is 5.88. The highest BCUT2D eigenvalue weighted by Crippen LogP contribution is 2.23. The van der Waals surface area contributed by atoms with Crippen LogP contribution in [0.5, 0.6) is 0 Å². The topological polar surface area (TPSA) is 147 Å². The van der Waals surface area contributed by atoms with Crippen molar-refractivity contribution in [1.82, 2.24) is 28.8 Å². The highest BCUT2D eigenvalue weighted by atomic mass is 35.5. The summed E-state index contributed by atoms with van der Waals surface area (Å²) in [6.45, 7) is 1.10. The SMILES string of the molecule is Nc1nc(Cl)nc2c1ncn2CCCCOC(=O)NCc1ccc2c(ccn2S(=O)(=O)c2ccccc2)c1. The predicted molar refractivity (Wildman–Crippen MR) is 143 cm³/mol. The number of hydrogen-bond acceptors (Lipinski definition) is 8. The van der Waals surface area contributed by atoms with Gasteiger partial charge in [0.2, 0.25) is 5.28 Å². The number of nitrogens with one attached hydrogen (secondary N) is 1. The Bertz CT molecular complexity index is 1720. The molecule has 0 saturated carbocycles. The number of amides is 1. The maximum absolute atomic E-state index is 13.0. The molecule has 0 aliphatic carbocycles. The van der Waals surface area contributed by atoms with Crippen LogP contribution in [0.4, 0.5) is 10.6 Å². The summed E-state index contributed by atoms with van der Waals surface area (Å²) in [7, 11) is -3.70. The number of anilines is 1. The first-order valence-electron chi connectivity index (χ1n) is 11.8. The second-order valence-corrected chi connectivity index (χ2v) is 10.7. The van der Waals surface area contributed by atoms with E-state index in [1.807, 2.05) is 10.6 Å². The summed E-state index contributed by atoms with van der Waals surface area (Å²) in [5.74, 6) is 0.229. The van der Waals surface area contributed by atoms with E-state index in [1.54, 1.807) is 54.9 Å². The van der Waals surface area contributed by atoms with Gasteiger partial charge in [-0.05, 0) is 60.3 Å². The van der Waals surface area contributed by atoms with E-state index in [0.717, 1.165) is 17.4 Å². The Hall–Kier alpha value is -4.16. The third-order valence-corrected chi connectivity index (χ3v) is 7.82. The summed E-state index contributed by atoms with van der Waals surface area (Å²) in [6.07, 6.45) is 3.98. The Morgan fingerprint density at radius 3 is 2.71 bits per heavy atom. The molecule has 0 saturated heterocycles. The van der Waals surface area contributed by atoms with Crippen LogP contribution in [-0.2, 0) is 27.8 Å². The second-order valence-electron chi connectivity index (χ2n) is 8.51. The summed E-state index contributed by atoms with van der Waals surface area (Å²) in [6, 6.07) is 15.3. The molecule has 5 aromatic rings. The van der Waals surface area contributed by atoms with Crippen molar-refractivity contribution < 1.29 is 17.9 Å². The normalized spacial score (nSPS) is 11.7. The highest BCUT2D eigenvalue weighted by molar-refractivity contribution is 7.90. The van der Waals surface area contributed by atoms with Gasteiger partial charge < -0.3 is 20.4 Å². The number of carbonyl (C=O) groups is 1. The fraction of sp³-hybridized carbons (Fsp3) is 0.200. The van der Waals surface area contributed by atoms with Gasteiger partial charge in [0.1, 0.15) is 5.52 Å². The van der Waals surface area contributed by atoms with Gasteiger partial charge in [-0.1, -0.05) is 24.3 Å². The van der Waals surface area contributed by atoms with Crippen molar-refractivity contribution >= 4 is 55.6 Å². The predicted octanol–water partition coefficient (Wildman–Crippen LogP) is 3.96. The Morgan fingerprint density at radius 2 is 1.89 bits per heavy atom. The number of fused-ring (bicyclic) bond motifs is 2. The first-order valence-corrected chi connectivity index (χ1v) is 13.6. The number of imidazole rings is 1. The zero-order valence-corrected chi connectivity index (χ0v) is 21.7. The van der Waals surface area contributed by atoms with Crippen molar-refractivity contribution in [3.8, 4) is 0 Å². The second kappa shape index (κ2) is 10.7. The van der Waals surface area contributed by atoms with Gasteiger partial charge in [-0.3, -0.25) is 0 Å². The maximum atomic E-state index is 13.0. The third kappa shape index (κ3) is 5.27. The molecule has 0 radical (unpaired) electrons. The Labute approximate surface area is 223 Å². The Balaban J connectivity index is 1.10. The number of rotatable bonds is 9. The molecule has 0 fully saturated rings. The van der Waals surface area contributed by atoms with Gasteiger partial charge in [-0.25, -0.2) is 22.2 Å². The quantitative estimate of drug-likeness (QED) is 0.206. The smallest absolute Gasteiger partial charge is 0.407 e. The van der Waals surface area contributed by atoms with Crippen molar-refractivity contribution in [2.45, 2.75) is 30.8 Å². The summed E-state index contributed by atoms with van der Waals surface area (Å²) in [5.41, 5.74) is 8.25. The van der Waals surface area contributed by atoms with Gasteiger partial charge in [-0.2, -0.15) is 9.97 Å². The zero-order valence-electron chi connectivity index (χ0n) is 20.1. The number of unbranched alkanes of at least 4 members (excludes halogenated alkanes) is 1. The van der Waals surface area contributed by atoms with Crippen LogP contribution in [0.1, 0.15) is 18.4 Å². The molecule has 2 aromatic carbocycles. The van der Waals surface area contributed by atoms with E-state index in [4.69, 9.17) is 22.1 Å². The number of aryl methyl sites for hydroxylation is 1. The van der Waals surface area contributed by atoms with E-state index in [9.17, 15) is 13.2 Å². The molecule has 1 amide bonds. The lowest BCUT2D eigenvalue weighted by Gasteiger charge is -2.09. The first-order chi connectivity index (χ1) is 18.3. The third-order valence-electron chi connectivity index (χ3n) is 5.95. The lowest BCUT2D eigenvalue weighted by molar-refractivity contribution is 0.143. The van der Waals surface area contributed by atoms with Crippen molar-refractivity contribution in [1.29, 1.82) is 0 Å². The standard InChI is InChI=1S/C25H24ClN7O4S/c26-24-30-22(27)21-23(31-24)32(16-29-21)11-4-5-13-37-25(34)28-15-17-8-9-20-18(14-17)10-12-33(20)38(35,36)19-6-2-1-3-7-19/h1-3,6-10,12,14,16H,4-5,11,13,15H2,(H,28,34)(H2,27,30,31). The van der Waals surface area contributed by atoms with Gasteiger partial charge >= 0.3 is 6.09 Å². The number of ether oxygens (including phenoxy) is 1. The molecular weight excluding hydrogens is 530 g/mol. The summed E-state index contributed by atoms with van der Waals surface area (Å²) in [4.78, 5) is 24.6. The molecule has 5 rings (SSSR count). The molecule has 3 aromatic heterocycles. The van der Waals surface area contributed by atoms with Crippen LogP contribution >= 0.6 is 11.6 Å². The molecule has 0 spiro atoms. The van der Waals surface area contributed by atoms with Crippen molar-refractivity contribution in [2.24, 2.45) is 0 Å². The van der Waals surface area contributed by atoms with Crippen LogP contribution in [0, 0.1) is 0 Å². The number of halogens is 1. The van der Waals surface area contributed by atoms with E-state index in [0.29, 0.717) is 29.6 Å². The van der Waals surface area contributed by atoms with Crippen LogP contribution in [0.3, 0.4) is 0 Å². The molecule has 0 bridgehead atoms. The molecule has 3 heterocycles. The van der Waals surface area contributed by atoms with E-state index in [-0.39, 0.29) is 29.1 Å². The minimum atomic E-state index is -3.70. The van der Waals surface area contributed by atoms with Crippen LogP contribution < -0.4 is 11.1 Å². The summed E-state index contributed by atoms with van der Waals surface area (Å²) < 4.78 is 34.3. The molecule has 0 unspecified atom stereocenters. The lowest BCUT2D eigenvalue weighted by Crippen LogP contribution is -2.24. The Morgan fingerprint density at radius 1 is 1.08 bits per heavy atom. The van der Waals surface area contributed by atoms with Gasteiger partial charge in [0, 0.05) is 24.7 Å². The minimum Gasteiger partial charge on any atom is -0.450 e.